The summed E-state index contributed by atoms with van der Waals surface area (Å²) in [5.41, 5.74) is 19.3. The van der Waals surface area contributed by atoms with Crippen LogP contribution >= 0.6 is 0 Å². The fourth-order valence-corrected chi connectivity index (χ4v) is 12.6. The van der Waals surface area contributed by atoms with Crippen LogP contribution in [0.2, 0.25) is 0 Å². The van der Waals surface area contributed by atoms with Gasteiger partial charge in [-0.05, 0) is 174 Å². The van der Waals surface area contributed by atoms with Gasteiger partial charge in [0.2, 0.25) is 0 Å². The van der Waals surface area contributed by atoms with E-state index in [1.807, 2.05) is 0 Å². The molecule has 2 unspecified atom stereocenters. The van der Waals surface area contributed by atoms with Crippen molar-refractivity contribution in [3.8, 4) is 67.3 Å². The summed E-state index contributed by atoms with van der Waals surface area (Å²) in [4.78, 5) is 0. The van der Waals surface area contributed by atoms with Crippen molar-refractivity contribution in [2.75, 3.05) is 0 Å². The number of fused-ring (bicyclic) bond motifs is 3. The van der Waals surface area contributed by atoms with Crippen LogP contribution in [0.3, 0.4) is 0 Å². The van der Waals surface area contributed by atoms with E-state index in [-0.39, 0.29) is 11.3 Å². The summed E-state index contributed by atoms with van der Waals surface area (Å²) in [5.74, 6) is 0.235. The highest BCUT2D eigenvalue weighted by Gasteiger charge is 2.28. The van der Waals surface area contributed by atoms with Crippen molar-refractivity contribution in [3.05, 3.63) is 296 Å². The average molecular weight is 987 g/mol. The molecule has 3 aliphatic rings. The minimum Gasteiger partial charge on any atom is -0.313 e. The van der Waals surface area contributed by atoms with E-state index in [2.05, 4.69) is 295 Å². The molecule has 0 N–H and O–H groups in total. The summed E-state index contributed by atoms with van der Waals surface area (Å²) >= 11 is 0. The van der Waals surface area contributed by atoms with E-state index in [1.165, 1.54) is 111 Å². The van der Waals surface area contributed by atoms with E-state index in [4.69, 9.17) is 0 Å². The van der Waals surface area contributed by atoms with Gasteiger partial charge in [-0.15, -0.1) is 0 Å². The molecule has 2 nitrogen and oxygen atoms in total. The van der Waals surface area contributed by atoms with Gasteiger partial charge in [0, 0.05) is 34.1 Å². The molecule has 0 fully saturated rings. The van der Waals surface area contributed by atoms with Crippen LogP contribution in [0.5, 0.6) is 0 Å². The number of allylic oxidation sites excluding steroid dienone is 12. The first-order valence-corrected chi connectivity index (χ1v) is 27.4. The van der Waals surface area contributed by atoms with E-state index < -0.39 is 0 Å². The maximum absolute atomic E-state index is 2.54. The quantitative estimate of drug-likeness (QED) is 0.121. The fraction of sp³-hybridized carbons (Fsp3) is 0.0933. The van der Waals surface area contributed by atoms with Gasteiger partial charge in [-0.25, -0.2) is 0 Å². The molecule has 2 heterocycles. The third kappa shape index (κ3) is 8.38. The molecule has 0 radical (unpaired) electrons. The van der Waals surface area contributed by atoms with Crippen LogP contribution in [0.25, 0.3) is 105 Å². The zero-order valence-corrected chi connectivity index (χ0v) is 43.4. The van der Waals surface area contributed by atoms with Gasteiger partial charge in [0.25, 0.3) is 0 Å². The lowest BCUT2D eigenvalue weighted by Crippen LogP contribution is -2.19. The summed E-state index contributed by atoms with van der Waals surface area (Å²) < 4.78 is 5.05. The minimum atomic E-state index is -0.197. The van der Waals surface area contributed by atoms with Crippen LogP contribution in [0.1, 0.15) is 55.5 Å². The molecular formula is C75H58N2. The van der Waals surface area contributed by atoms with Gasteiger partial charge in [-0.1, -0.05) is 225 Å². The monoisotopic (exact) mass is 986 g/mol. The van der Waals surface area contributed by atoms with Crippen LogP contribution in [0.4, 0.5) is 0 Å². The van der Waals surface area contributed by atoms with E-state index in [0.717, 1.165) is 37.1 Å². The van der Waals surface area contributed by atoms with Crippen molar-refractivity contribution in [2.45, 2.75) is 43.9 Å². The maximum atomic E-state index is 2.54. The van der Waals surface area contributed by atoms with Gasteiger partial charge in [-0.3, -0.25) is 0 Å². The number of benzene rings is 9. The van der Waals surface area contributed by atoms with Crippen molar-refractivity contribution in [1.29, 1.82) is 0 Å². The Morgan fingerprint density at radius 1 is 0.416 bits per heavy atom. The second kappa shape index (κ2) is 19.5. The lowest BCUT2D eigenvalue weighted by Gasteiger charge is -2.29. The van der Waals surface area contributed by atoms with E-state index >= 15 is 0 Å². The molecule has 0 amide bonds. The lowest BCUT2D eigenvalue weighted by molar-refractivity contribution is 0.600. The highest BCUT2D eigenvalue weighted by Crippen LogP contribution is 2.49. The molecule has 368 valence electrons. The molecule has 14 rings (SSSR count). The molecule has 9 aromatic carbocycles. The number of aromatic nitrogens is 2. The summed E-state index contributed by atoms with van der Waals surface area (Å²) in [6.07, 6.45) is 28.9. The van der Waals surface area contributed by atoms with E-state index in [0.29, 0.717) is 0 Å². The molecule has 0 saturated heterocycles. The normalized spacial score (nSPS) is 16.9. The first-order valence-electron chi connectivity index (χ1n) is 27.4. The first-order chi connectivity index (χ1) is 38.0. The van der Waals surface area contributed by atoms with Crippen LogP contribution in [-0.2, 0) is 5.41 Å². The molecule has 0 bridgehead atoms. The highest BCUT2D eigenvalue weighted by molar-refractivity contribution is 6.22. The van der Waals surface area contributed by atoms with Crippen molar-refractivity contribution >= 4 is 37.9 Å². The van der Waals surface area contributed by atoms with Crippen LogP contribution in [-0.4, -0.2) is 9.13 Å². The second-order valence-electron chi connectivity index (χ2n) is 21.3. The van der Waals surface area contributed by atoms with Crippen LogP contribution in [0.15, 0.2) is 279 Å². The predicted molar refractivity (Wildman–Crippen MR) is 327 cm³/mol. The van der Waals surface area contributed by atoms with Gasteiger partial charge in [-0.2, -0.15) is 0 Å². The van der Waals surface area contributed by atoms with Crippen molar-refractivity contribution in [3.63, 3.8) is 0 Å². The number of hydrogen-bond acceptors (Lipinski definition) is 0. The summed E-state index contributed by atoms with van der Waals surface area (Å²) in [6, 6.07) is 80.1. The highest BCUT2D eigenvalue weighted by atomic mass is 15.0. The molecular weight excluding hydrogens is 929 g/mol. The third-order valence-corrected chi connectivity index (χ3v) is 16.5. The Morgan fingerprint density at radius 3 is 1.71 bits per heavy atom. The smallest absolute Gasteiger partial charge is 0.0534 e. The molecule has 0 aliphatic heterocycles. The number of rotatable bonds is 10. The number of nitrogens with zero attached hydrogens (tertiary/aromatic N) is 2. The Labute approximate surface area is 451 Å². The molecule has 3 aliphatic carbocycles. The third-order valence-electron chi connectivity index (χ3n) is 16.5. The van der Waals surface area contributed by atoms with Crippen molar-refractivity contribution in [2.24, 2.45) is 0 Å². The summed E-state index contributed by atoms with van der Waals surface area (Å²) in [5, 5.41) is 7.32. The molecule has 0 saturated carbocycles. The zero-order valence-electron chi connectivity index (χ0n) is 43.4. The molecule has 77 heavy (non-hydrogen) atoms. The topological polar surface area (TPSA) is 9.86 Å². The minimum absolute atomic E-state index is 0.197. The SMILES string of the molecule is CC1(c2cc(-c3ccccc3)cc(-c3c4ccc(-n5c(C6=CC=CCC6)ccc5-c5ccccc5)cc4c(-c4ccc5ccccc5c4)c4ccc(-n5c(-c6ccccc6)ccc5C5C=CC=CC5)cc34)c2)C=CC=CC1. The number of hydrogen-bond donors (Lipinski definition) is 0. The molecule has 2 aromatic heterocycles. The second-order valence-corrected chi connectivity index (χ2v) is 21.3. The molecule has 2 heteroatoms. The Hall–Kier alpha value is -9.24. The van der Waals surface area contributed by atoms with Crippen molar-refractivity contribution < 1.29 is 0 Å². The Balaban J connectivity index is 1.12. The molecule has 0 spiro atoms. The molecule has 2 atom stereocenters. The van der Waals surface area contributed by atoms with Gasteiger partial charge in [0.1, 0.15) is 0 Å². The van der Waals surface area contributed by atoms with Crippen LogP contribution < -0.4 is 0 Å². The lowest BCUT2D eigenvalue weighted by atomic mass is 9.75. The van der Waals surface area contributed by atoms with E-state index in [1.54, 1.807) is 0 Å². The molecule has 11 aromatic rings. The maximum Gasteiger partial charge on any atom is 0.0534 e. The largest absolute Gasteiger partial charge is 0.313 e. The fourth-order valence-electron chi connectivity index (χ4n) is 12.6. The van der Waals surface area contributed by atoms with Crippen molar-refractivity contribution in [1.82, 2.24) is 9.13 Å². The summed E-state index contributed by atoms with van der Waals surface area (Å²) in [7, 11) is 0. The van der Waals surface area contributed by atoms with Gasteiger partial charge >= 0.3 is 0 Å². The first kappa shape index (κ1) is 46.3. The van der Waals surface area contributed by atoms with Gasteiger partial charge < -0.3 is 9.13 Å². The summed E-state index contributed by atoms with van der Waals surface area (Å²) in [6.45, 7) is 2.40. The standard InChI is InChI=1S/C75H58N2/c1-75(44-20-7-21-45-75)62-48-60(52-22-8-2-9-23-52)47-61(49-62)74-66-39-37-63(76-69(54-25-10-3-11-26-54)40-41-70(76)55-27-12-4-13-28-55)50-67(66)73(59-35-34-53-24-18-19-33-58(53)46-59)65-38-36-64(51-68(65)74)77-71(56-29-14-5-15-30-56)42-43-72(77)57-31-16-6-17-32-57/h2-12,14-27,29-31,33-44,46-51,57H,13,28,32,45H2,1H3. The van der Waals surface area contributed by atoms with Crippen LogP contribution in [0, 0.1) is 0 Å². The van der Waals surface area contributed by atoms with Gasteiger partial charge in [0.05, 0.1) is 11.4 Å². The predicted octanol–water partition coefficient (Wildman–Crippen LogP) is 20.2. The Morgan fingerprint density at radius 2 is 1.04 bits per heavy atom. The van der Waals surface area contributed by atoms with Gasteiger partial charge in [0.15, 0.2) is 0 Å². The zero-order chi connectivity index (χ0) is 51.3. The average Bonchev–Trinajstić information content (AvgIpc) is 4.17. The van der Waals surface area contributed by atoms with E-state index in [9.17, 15) is 0 Å². The Bertz CT molecular complexity index is 4270. The Kier molecular flexibility index (Phi) is 11.7.